The minimum atomic E-state index is -4.66. The summed E-state index contributed by atoms with van der Waals surface area (Å²) in [6.45, 7) is 3.22. The number of rotatable bonds is 4. The SMILES string of the molecule is CC#CCCC(=O)OC1C(=O)N(c2nnc(C(F)(F)F)s2)CN1C#CCC. The first-order valence-corrected chi connectivity index (χ1v) is 8.65. The van der Waals surface area contributed by atoms with Gasteiger partial charge in [0.25, 0.3) is 12.1 Å². The van der Waals surface area contributed by atoms with E-state index in [4.69, 9.17) is 4.74 Å². The largest absolute Gasteiger partial charge is 0.445 e. The maximum Gasteiger partial charge on any atom is 0.445 e. The zero-order chi connectivity index (χ0) is 20.0. The molecule has 27 heavy (non-hydrogen) atoms. The third-order valence-corrected chi connectivity index (χ3v) is 4.21. The first-order chi connectivity index (χ1) is 12.8. The van der Waals surface area contributed by atoms with Crippen LogP contribution in [-0.4, -0.2) is 39.9 Å². The van der Waals surface area contributed by atoms with Gasteiger partial charge in [-0.05, 0) is 6.92 Å². The number of amides is 1. The van der Waals surface area contributed by atoms with E-state index in [-0.39, 0.29) is 36.0 Å². The molecule has 1 aromatic heterocycles. The monoisotopic (exact) mass is 400 g/mol. The molecule has 1 aromatic rings. The average molecular weight is 400 g/mol. The highest BCUT2D eigenvalue weighted by Gasteiger charge is 2.44. The van der Waals surface area contributed by atoms with Gasteiger partial charge in [0.05, 0.1) is 6.42 Å². The summed E-state index contributed by atoms with van der Waals surface area (Å²) in [7, 11) is 0. The van der Waals surface area contributed by atoms with Crippen molar-refractivity contribution in [1.29, 1.82) is 0 Å². The molecular weight excluding hydrogens is 385 g/mol. The third-order valence-electron chi connectivity index (χ3n) is 3.22. The zero-order valence-corrected chi connectivity index (χ0v) is 15.3. The highest BCUT2D eigenvalue weighted by atomic mass is 32.1. The van der Waals surface area contributed by atoms with E-state index in [9.17, 15) is 22.8 Å². The van der Waals surface area contributed by atoms with Gasteiger partial charge in [0.1, 0.15) is 6.67 Å². The van der Waals surface area contributed by atoms with E-state index >= 15 is 0 Å². The van der Waals surface area contributed by atoms with Crippen LogP contribution in [0.15, 0.2) is 0 Å². The summed E-state index contributed by atoms with van der Waals surface area (Å²) >= 11 is 0.229. The number of carbonyl (C=O) groups excluding carboxylic acids is 2. The van der Waals surface area contributed by atoms with Crippen molar-refractivity contribution >= 4 is 28.3 Å². The van der Waals surface area contributed by atoms with Gasteiger partial charge in [-0.2, -0.15) is 13.2 Å². The second-order valence-corrected chi connectivity index (χ2v) is 6.13. The highest BCUT2D eigenvalue weighted by molar-refractivity contribution is 7.15. The number of aromatic nitrogens is 2. The number of hydrogen-bond acceptors (Lipinski definition) is 7. The normalized spacial score (nSPS) is 16.5. The summed E-state index contributed by atoms with van der Waals surface area (Å²) in [5.41, 5.74) is 0. The van der Waals surface area contributed by atoms with Crippen LogP contribution in [0.5, 0.6) is 0 Å². The molecule has 1 fully saturated rings. The molecule has 1 saturated heterocycles. The van der Waals surface area contributed by atoms with Crippen molar-refractivity contribution in [2.24, 2.45) is 0 Å². The maximum atomic E-state index is 12.7. The topological polar surface area (TPSA) is 75.6 Å². The molecule has 1 aliphatic rings. The molecule has 1 unspecified atom stereocenters. The molecule has 1 amide bonds. The van der Waals surface area contributed by atoms with Crippen molar-refractivity contribution in [2.45, 2.75) is 45.5 Å². The Hall–Kier alpha value is -2.79. The minimum absolute atomic E-state index is 0.0172. The predicted octanol–water partition coefficient (Wildman–Crippen LogP) is 2.21. The Balaban J connectivity index is 2.19. The van der Waals surface area contributed by atoms with E-state index in [1.807, 2.05) is 0 Å². The Kier molecular flexibility index (Phi) is 6.64. The lowest BCUT2D eigenvalue weighted by atomic mass is 10.3. The third kappa shape index (κ3) is 5.11. The lowest BCUT2D eigenvalue weighted by molar-refractivity contribution is -0.159. The van der Waals surface area contributed by atoms with Crippen molar-refractivity contribution in [3.8, 4) is 23.8 Å². The highest BCUT2D eigenvalue weighted by Crippen LogP contribution is 2.35. The summed E-state index contributed by atoms with van der Waals surface area (Å²) in [6.07, 6.45) is -5.28. The number of alkyl halides is 3. The van der Waals surface area contributed by atoms with Crippen molar-refractivity contribution in [3.05, 3.63) is 5.01 Å². The molecule has 0 aliphatic carbocycles. The summed E-state index contributed by atoms with van der Waals surface area (Å²) < 4.78 is 43.3. The van der Waals surface area contributed by atoms with Crippen molar-refractivity contribution in [1.82, 2.24) is 15.1 Å². The fourth-order valence-corrected chi connectivity index (χ4v) is 2.73. The van der Waals surface area contributed by atoms with Crippen molar-refractivity contribution < 1.29 is 27.5 Å². The summed E-state index contributed by atoms with van der Waals surface area (Å²) in [6, 6.07) is 2.67. The second-order valence-electron chi connectivity index (χ2n) is 5.18. The van der Waals surface area contributed by atoms with Crippen molar-refractivity contribution in [3.63, 3.8) is 0 Å². The van der Waals surface area contributed by atoms with Gasteiger partial charge in [-0.1, -0.05) is 24.2 Å². The summed E-state index contributed by atoms with van der Waals surface area (Å²) in [5, 5.41) is 5.07. The first-order valence-electron chi connectivity index (χ1n) is 7.84. The number of ether oxygens (including phenoxy) is 1. The molecule has 0 bridgehead atoms. The van der Waals surface area contributed by atoms with Gasteiger partial charge in [-0.3, -0.25) is 19.4 Å². The lowest BCUT2D eigenvalue weighted by Gasteiger charge is -2.16. The zero-order valence-electron chi connectivity index (χ0n) is 14.5. The fourth-order valence-electron chi connectivity index (χ4n) is 2.02. The Morgan fingerprint density at radius 2 is 2.11 bits per heavy atom. The Morgan fingerprint density at radius 1 is 1.37 bits per heavy atom. The molecule has 1 aliphatic heterocycles. The molecule has 2 rings (SSSR count). The van der Waals surface area contributed by atoms with Gasteiger partial charge in [0, 0.05) is 18.9 Å². The van der Waals surface area contributed by atoms with E-state index in [1.165, 1.54) is 4.90 Å². The summed E-state index contributed by atoms with van der Waals surface area (Å²) in [5.74, 6) is 6.68. The number of hydrogen-bond donors (Lipinski definition) is 0. The van der Waals surface area contributed by atoms with Crippen LogP contribution in [0, 0.1) is 23.8 Å². The molecule has 2 heterocycles. The van der Waals surface area contributed by atoms with E-state index in [0.717, 1.165) is 4.90 Å². The molecule has 0 aromatic carbocycles. The van der Waals surface area contributed by atoms with Gasteiger partial charge in [0.15, 0.2) is 0 Å². The van der Waals surface area contributed by atoms with Crippen LogP contribution >= 0.6 is 11.3 Å². The molecule has 144 valence electrons. The number of esters is 1. The smallest absolute Gasteiger partial charge is 0.431 e. The van der Waals surface area contributed by atoms with Crippen LogP contribution in [0.1, 0.15) is 38.1 Å². The van der Waals surface area contributed by atoms with E-state index in [1.54, 1.807) is 13.8 Å². The lowest BCUT2D eigenvalue weighted by Crippen LogP contribution is -2.35. The van der Waals surface area contributed by atoms with E-state index in [2.05, 4.69) is 34.0 Å². The first kappa shape index (κ1) is 20.5. The van der Waals surface area contributed by atoms with Gasteiger partial charge in [-0.25, -0.2) is 0 Å². The van der Waals surface area contributed by atoms with Crippen LogP contribution in [0.25, 0.3) is 0 Å². The predicted molar refractivity (Wildman–Crippen MR) is 89.7 cm³/mol. The standard InChI is InChI=1S/C16H15F3N4O3S/c1-3-5-7-8-11(24)26-13-12(25)23(10-22(13)9-6-4-2)15-21-20-14(27-15)16(17,18)19/h13H,4,7-8,10H2,1-2H3. The quantitative estimate of drug-likeness (QED) is 0.570. The average Bonchev–Trinajstić information content (AvgIpc) is 3.20. The molecule has 0 N–H and O–H groups in total. The Labute approximate surface area is 157 Å². The van der Waals surface area contributed by atoms with Gasteiger partial charge in [-0.15, -0.1) is 22.0 Å². The Morgan fingerprint density at radius 3 is 2.70 bits per heavy atom. The molecule has 7 nitrogen and oxygen atoms in total. The maximum absolute atomic E-state index is 12.7. The van der Waals surface area contributed by atoms with Gasteiger partial charge < -0.3 is 4.74 Å². The van der Waals surface area contributed by atoms with Crippen LogP contribution in [0.4, 0.5) is 18.3 Å². The molecule has 11 heteroatoms. The van der Waals surface area contributed by atoms with Crippen LogP contribution in [0.2, 0.25) is 0 Å². The van der Waals surface area contributed by atoms with Gasteiger partial charge >= 0.3 is 12.1 Å². The van der Waals surface area contributed by atoms with E-state index in [0.29, 0.717) is 6.42 Å². The molecule has 1 atom stereocenters. The number of halogens is 3. The van der Waals surface area contributed by atoms with Crippen LogP contribution in [0.3, 0.4) is 0 Å². The minimum Gasteiger partial charge on any atom is -0.431 e. The number of nitrogens with zero attached hydrogens (tertiary/aromatic N) is 4. The Bertz CT molecular complexity index is 832. The van der Waals surface area contributed by atoms with Crippen molar-refractivity contribution in [2.75, 3.05) is 11.6 Å². The molecular formula is C16H15F3N4O3S. The van der Waals surface area contributed by atoms with E-state index < -0.39 is 29.3 Å². The van der Waals surface area contributed by atoms with Crippen LogP contribution in [-0.2, 0) is 20.5 Å². The fraction of sp³-hybridized carbons (Fsp3) is 0.500. The number of carbonyl (C=O) groups is 2. The molecule has 0 saturated carbocycles. The molecule has 0 spiro atoms. The summed E-state index contributed by atoms with van der Waals surface area (Å²) in [4.78, 5) is 26.7. The number of anilines is 1. The van der Waals surface area contributed by atoms with Gasteiger partial charge in [0.2, 0.25) is 10.1 Å². The van der Waals surface area contributed by atoms with Crippen LogP contribution < -0.4 is 4.90 Å². The second kappa shape index (κ2) is 8.73. The molecule has 0 radical (unpaired) electrons.